The molecule has 4 nitrogen and oxygen atoms in total. The summed E-state index contributed by atoms with van der Waals surface area (Å²) >= 11 is 0. The van der Waals surface area contributed by atoms with Crippen molar-refractivity contribution in [1.29, 1.82) is 0 Å². The van der Waals surface area contributed by atoms with Crippen LogP contribution >= 0.6 is 0 Å². The molecule has 2 radical (unpaired) electrons. The molecule has 13 heavy (non-hydrogen) atoms. The highest BCUT2D eigenvalue weighted by Crippen LogP contribution is 2.14. The van der Waals surface area contributed by atoms with Gasteiger partial charge in [-0.2, -0.15) is 0 Å². The Morgan fingerprint density at radius 1 is 1.00 bits per heavy atom. The fourth-order valence-electron chi connectivity index (χ4n) is 0.972. The molecule has 0 spiro atoms. The Hall–Kier alpha value is 0.274. The van der Waals surface area contributed by atoms with Crippen molar-refractivity contribution in [3.05, 3.63) is 0 Å². The molecule has 0 aliphatic heterocycles. The molecule has 0 saturated carbocycles. The number of ether oxygens (including phenoxy) is 1. The molecule has 0 N–H and O–H groups in total. The summed E-state index contributed by atoms with van der Waals surface area (Å²) in [6.45, 7) is 0. The van der Waals surface area contributed by atoms with E-state index in [1.54, 1.807) is 28.4 Å². The molecule has 0 aliphatic rings. The molecule has 0 amide bonds. The van der Waals surface area contributed by atoms with Gasteiger partial charge in [0, 0.05) is 40.7 Å². The lowest BCUT2D eigenvalue weighted by Gasteiger charge is -2.23. The van der Waals surface area contributed by atoms with E-state index in [1.165, 1.54) is 0 Å². The monoisotopic (exact) mass is 222 g/mol. The third-order valence-corrected chi connectivity index (χ3v) is 6.11. The average molecular weight is 222 g/mol. The van der Waals surface area contributed by atoms with Crippen LogP contribution in [0.3, 0.4) is 0 Å². The van der Waals surface area contributed by atoms with Crippen LogP contribution in [-0.2, 0) is 18.0 Å². The van der Waals surface area contributed by atoms with Gasteiger partial charge in [-0.05, 0) is 0 Å². The lowest BCUT2D eigenvalue weighted by molar-refractivity contribution is 0.125. The van der Waals surface area contributed by atoms with Crippen molar-refractivity contribution < 1.29 is 18.0 Å². The summed E-state index contributed by atoms with van der Waals surface area (Å²) in [5.41, 5.74) is 0. The van der Waals surface area contributed by atoms with E-state index >= 15 is 0 Å². The van der Waals surface area contributed by atoms with Gasteiger partial charge in [-0.3, -0.25) is 0 Å². The zero-order chi connectivity index (χ0) is 10.2. The summed E-state index contributed by atoms with van der Waals surface area (Å²) in [5.74, 6) is 0. The summed E-state index contributed by atoms with van der Waals surface area (Å²) in [4.78, 5) is 0. The van der Waals surface area contributed by atoms with Gasteiger partial charge in [0.1, 0.15) is 0 Å². The number of methoxy groups -OCH3 is 1. The molecular weight excluding hydrogens is 204 g/mol. The van der Waals surface area contributed by atoms with Crippen LogP contribution in [0.1, 0.15) is 0 Å². The molecule has 0 aromatic heterocycles. The molecule has 0 atom stereocenters. The summed E-state index contributed by atoms with van der Waals surface area (Å²) in [6.07, 6.45) is 0.807. The molecule has 0 unspecified atom stereocenters. The minimum atomic E-state index is -2.32. The van der Waals surface area contributed by atoms with Crippen LogP contribution < -0.4 is 0 Å². The first-order valence-corrected chi connectivity index (χ1v) is 7.44. The van der Waals surface area contributed by atoms with Crippen LogP contribution in [0.2, 0.25) is 12.1 Å². The Bertz CT molecular complexity index is 111. The summed E-state index contributed by atoms with van der Waals surface area (Å²) in [6, 6.07) is 1.90. The van der Waals surface area contributed by atoms with Crippen molar-refractivity contribution >= 4 is 18.3 Å². The topological polar surface area (TPSA) is 36.9 Å². The van der Waals surface area contributed by atoms with Gasteiger partial charge >= 0.3 is 8.80 Å². The predicted molar refractivity (Wildman–Crippen MR) is 54.0 cm³/mol. The number of hydrogen-bond acceptors (Lipinski definition) is 4. The predicted octanol–water partition coefficient (Wildman–Crippen LogP) is 0.591. The molecule has 0 heterocycles. The highest BCUT2D eigenvalue weighted by molar-refractivity contribution is 6.61. The Morgan fingerprint density at radius 3 is 1.92 bits per heavy atom. The van der Waals surface area contributed by atoms with Gasteiger partial charge in [0.25, 0.3) is 0 Å². The van der Waals surface area contributed by atoms with Gasteiger partial charge in [0.15, 0.2) is 0 Å². The van der Waals surface area contributed by atoms with Crippen LogP contribution in [0.4, 0.5) is 0 Å². The molecule has 0 rings (SSSR count). The van der Waals surface area contributed by atoms with Crippen LogP contribution in [-0.4, -0.2) is 53.0 Å². The van der Waals surface area contributed by atoms with Crippen LogP contribution in [0.25, 0.3) is 0 Å². The van der Waals surface area contributed by atoms with Gasteiger partial charge in [0.2, 0.25) is 0 Å². The van der Waals surface area contributed by atoms with E-state index in [2.05, 4.69) is 0 Å². The Morgan fingerprint density at radius 2 is 1.54 bits per heavy atom. The standard InChI is InChI=1S/C7H18O4Si2/c1-8-7-12-5-6-13(9-2,10-3)11-4/h5-7H2,1-4H3. The van der Waals surface area contributed by atoms with Crippen LogP contribution in [0.5, 0.6) is 0 Å². The second-order valence-electron chi connectivity index (χ2n) is 2.48. The second-order valence-corrected chi connectivity index (χ2v) is 6.86. The first-order chi connectivity index (χ1) is 6.24. The Labute approximate surface area is 83.7 Å². The summed E-state index contributed by atoms with van der Waals surface area (Å²) < 4.78 is 20.8. The van der Waals surface area contributed by atoms with Crippen molar-refractivity contribution in [3.8, 4) is 0 Å². The summed E-state index contributed by atoms with van der Waals surface area (Å²) in [5, 5.41) is 0. The third-order valence-electron chi connectivity index (χ3n) is 1.79. The van der Waals surface area contributed by atoms with E-state index in [4.69, 9.17) is 18.0 Å². The summed E-state index contributed by atoms with van der Waals surface area (Å²) in [7, 11) is 5.09. The molecule has 0 aromatic carbocycles. The highest BCUT2D eigenvalue weighted by Gasteiger charge is 2.36. The third kappa shape index (κ3) is 4.89. The van der Waals surface area contributed by atoms with E-state index in [0.717, 1.165) is 27.8 Å². The maximum atomic E-state index is 5.27. The van der Waals surface area contributed by atoms with Crippen molar-refractivity contribution in [2.24, 2.45) is 0 Å². The van der Waals surface area contributed by atoms with E-state index in [1.807, 2.05) is 0 Å². The number of rotatable bonds is 8. The quantitative estimate of drug-likeness (QED) is 0.445. The first kappa shape index (κ1) is 13.3. The van der Waals surface area contributed by atoms with Crippen molar-refractivity contribution in [2.75, 3.05) is 34.7 Å². The molecule has 0 aliphatic carbocycles. The largest absolute Gasteiger partial charge is 0.499 e. The van der Waals surface area contributed by atoms with Gasteiger partial charge < -0.3 is 18.0 Å². The van der Waals surface area contributed by atoms with E-state index < -0.39 is 8.80 Å². The second kappa shape index (κ2) is 7.66. The number of hydrogen-bond donors (Lipinski definition) is 0. The maximum Gasteiger partial charge on any atom is 0.499 e. The van der Waals surface area contributed by atoms with Crippen molar-refractivity contribution in [3.63, 3.8) is 0 Å². The van der Waals surface area contributed by atoms with Crippen LogP contribution in [0, 0.1) is 0 Å². The fraction of sp³-hybridized carbons (Fsp3) is 1.00. The van der Waals surface area contributed by atoms with Gasteiger partial charge in [-0.1, -0.05) is 6.04 Å². The maximum absolute atomic E-state index is 5.27. The fourth-order valence-corrected chi connectivity index (χ4v) is 4.36. The molecule has 6 heteroatoms. The normalized spacial score (nSPS) is 12.0. The SMILES string of the molecule is COC[Si]CC[Si](OC)(OC)OC. The molecule has 0 saturated heterocycles. The Kier molecular flexibility index (Phi) is 7.82. The van der Waals surface area contributed by atoms with E-state index in [-0.39, 0.29) is 0 Å². The van der Waals surface area contributed by atoms with E-state index in [9.17, 15) is 0 Å². The average Bonchev–Trinajstić information content (AvgIpc) is 2.20. The van der Waals surface area contributed by atoms with Gasteiger partial charge in [-0.25, -0.2) is 0 Å². The lowest BCUT2D eigenvalue weighted by Crippen LogP contribution is -2.42. The van der Waals surface area contributed by atoms with Crippen LogP contribution in [0.15, 0.2) is 0 Å². The zero-order valence-electron chi connectivity index (χ0n) is 8.75. The molecule has 0 fully saturated rings. The first-order valence-electron chi connectivity index (χ1n) is 4.09. The highest BCUT2D eigenvalue weighted by atomic mass is 28.4. The van der Waals surface area contributed by atoms with E-state index in [0.29, 0.717) is 0 Å². The molecule has 0 aromatic rings. The Balaban J connectivity index is 3.68. The van der Waals surface area contributed by atoms with Gasteiger partial charge in [0.05, 0.1) is 9.52 Å². The minimum Gasteiger partial charge on any atom is -0.389 e. The minimum absolute atomic E-state index is 0.787. The van der Waals surface area contributed by atoms with Crippen molar-refractivity contribution in [1.82, 2.24) is 0 Å². The molecular formula is C7H18O4Si2. The zero-order valence-corrected chi connectivity index (χ0v) is 10.8. The van der Waals surface area contributed by atoms with Gasteiger partial charge in [-0.15, -0.1) is 0 Å². The molecule has 78 valence electrons. The smallest absolute Gasteiger partial charge is 0.389 e. The molecule has 0 bridgehead atoms. The van der Waals surface area contributed by atoms with Crippen molar-refractivity contribution in [2.45, 2.75) is 12.1 Å². The lowest BCUT2D eigenvalue weighted by atomic mass is 10.9.